The lowest BCUT2D eigenvalue weighted by Gasteiger charge is -2.01. The van der Waals surface area contributed by atoms with Gasteiger partial charge in [-0.05, 0) is 31.4 Å². The van der Waals surface area contributed by atoms with Gasteiger partial charge in [-0.15, -0.1) is 22.7 Å². The molecule has 0 aliphatic carbocycles. The molecule has 0 aromatic carbocycles. The number of carbonyl (C=O) groups excluding carboxylic acids is 1. The number of rotatable bonds is 4. The van der Waals surface area contributed by atoms with Gasteiger partial charge in [-0.1, -0.05) is 6.07 Å². The predicted octanol–water partition coefficient (Wildman–Crippen LogP) is 4.01. The Morgan fingerprint density at radius 2 is 2.24 bits per heavy atom. The molecule has 1 amide bonds. The van der Waals surface area contributed by atoms with Gasteiger partial charge in [-0.3, -0.25) is 4.79 Å². The van der Waals surface area contributed by atoms with Gasteiger partial charge in [0.05, 0.1) is 4.88 Å². The fourth-order valence-corrected chi connectivity index (χ4v) is 3.63. The van der Waals surface area contributed by atoms with Gasteiger partial charge >= 0.3 is 0 Å². The molecule has 0 atom stereocenters. The smallest absolute Gasteiger partial charge is 0.271 e. The zero-order valence-corrected chi connectivity index (χ0v) is 13.3. The maximum absolute atomic E-state index is 12.1. The maximum atomic E-state index is 12.1. The molecule has 0 aliphatic heterocycles. The molecule has 108 valence electrons. The molecular formula is C15H14N2O2S2. The number of nitrogens with zero attached hydrogens (tertiary/aromatic N) is 1. The van der Waals surface area contributed by atoms with Gasteiger partial charge in [0.2, 0.25) is 0 Å². The first-order chi connectivity index (χ1) is 10.1. The first-order valence-corrected chi connectivity index (χ1v) is 8.23. The second-order valence-corrected chi connectivity index (χ2v) is 6.44. The molecule has 3 aromatic rings. The highest BCUT2D eigenvalue weighted by Crippen LogP contribution is 2.27. The van der Waals surface area contributed by atoms with E-state index < -0.39 is 0 Å². The second-order valence-electron chi connectivity index (χ2n) is 4.64. The van der Waals surface area contributed by atoms with Crippen LogP contribution >= 0.6 is 22.7 Å². The fraction of sp³-hybridized carbons (Fsp3) is 0.200. The predicted molar refractivity (Wildman–Crippen MR) is 84.8 cm³/mol. The minimum atomic E-state index is -0.160. The molecule has 3 aromatic heterocycles. The van der Waals surface area contributed by atoms with Crippen LogP contribution in [0.4, 0.5) is 0 Å². The molecular weight excluding hydrogens is 304 g/mol. The number of hydrogen-bond acceptors (Lipinski definition) is 5. The molecule has 21 heavy (non-hydrogen) atoms. The zero-order valence-electron chi connectivity index (χ0n) is 11.7. The molecule has 3 rings (SSSR count). The molecule has 0 spiro atoms. The Bertz CT molecular complexity index is 757. The number of nitrogens with one attached hydrogen (secondary N) is 1. The highest BCUT2D eigenvalue weighted by atomic mass is 32.1. The van der Waals surface area contributed by atoms with Crippen molar-refractivity contribution >= 4 is 28.6 Å². The Hall–Kier alpha value is -1.92. The normalized spacial score (nSPS) is 10.8. The molecule has 0 aliphatic rings. The number of amides is 1. The number of carbonyl (C=O) groups is 1. The van der Waals surface area contributed by atoms with E-state index in [-0.39, 0.29) is 5.91 Å². The Morgan fingerprint density at radius 3 is 2.90 bits per heavy atom. The number of hydrogen-bond donors (Lipinski definition) is 1. The first-order valence-electron chi connectivity index (χ1n) is 6.47. The Labute approximate surface area is 130 Å². The molecule has 0 fully saturated rings. The third-order valence-electron chi connectivity index (χ3n) is 3.05. The maximum Gasteiger partial charge on any atom is 0.271 e. The monoisotopic (exact) mass is 318 g/mol. The lowest BCUT2D eigenvalue weighted by molar-refractivity contribution is 0.0946. The third-order valence-corrected chi connectivity index (χ3v) is 4.93. The van der Waals surface area contributed by atoms with Gasteiger partial charge in [0.1, 0.15) is 22.2 Å². The summed E-state index contributed by atoms with van der Waals surface area (Å²) in [5, 5.41) is 7.55. The highest BCUT2D eigenvalue weighted by Gasteiger charge is 2.13. The van der Waals surface area contributed by atoms with Crippen molar-refractivity contribution in [1.82, 2.24) is 10.3 Å². The van der Waals surface area contributed by atoms with Gasteiger partial charge in [0.25, 0.3) is 5.91 Å². The molecule has 0 bridgehead atoms. The highest BCUT2D eigenvalue weighted by molar-refractivity contribution is 7.20. The van der Waals surface area contributed by atoms with E-state index in [0.717, 1.165) is 27.0 Å². The van der Waals surface area contributed by atoms with E-state index in [1.807, 2.05) is 37.4 Å². The van der Waals surface area contributed by atoms with Crippen molar-refractivity contribution in [1.29, 1.82) is 0 Å². The minimum Gasteiger partial charge on any atom is -0.466 e. The Morgan fingerprint density at radius 1 is 1.38 bits per heavy atom. The quantitative estimate of drug-likeness (QED) is 0.790. The molecule has 3 heterocycles. The second kappa shape index (κ2) is 5.83. The third kappa shape index (κ3) is 3.06. The van der Waals surface area contributed by atoms with Crippen LogP contribution in [0.25, 0.3) is 9.88 Å². The lowest BCUT2D eigenvalue weighted by atomic mass is 10.2. The van der Waals surface area contributed by atoms with Crippen LogP contribution in [-0.4, -0.2) is 10.9 Å². The summed E-state index contributed by atoms with van der Waals surface area (Å²) in [6.07, 6.45) is 0. The minimum absolute atomic E-state index is 0.160. The van der Waals surface area contributed by atoms with E-state index in [1.54, 1.807) is 16.7 Å². The van der Waals surface area contributed by atoms with Crippen molar-refractivity contribution in [3.8, 4) is 9.88 Å². The van der Waals surface area contributed by atoms with Crippen molar-refractivity contribution in [2.75, 3.05) is 0 Å². The first kappa shape index (κ1) is 14.0. The summed E-state index contributed by atoms with van der Waals surface area (Å²) in [5.74, 6) is 1.53. The Kier molecular flexibility index (Phi) is 3.90. The van der Waals surface area contributed by atoms with Crippen LogP contribution in [0.2, 0.25) is 0 Å². The van der Waals surface area contributed by atoms with Crippen LogP contribution in [0.3, 0.4) is 0 Å². The van der Waals surface area contributed by atoms with Crippen LogP contribution in [0.15, 0.2) is 33.4 Å². The van der Waals surface area contributed by atoms with Crippen LogP contribution in [0, 0.1) is 13.8 Å². The summed E-state index contributed by atoms with van der Waals surface area (Å²) in [6, 6.07) is 5.92. The lowest BCUT2D eigenvalue weighted by Crippen LogP contribution is -2.23. The molecule has 1 N–H and O–H groups in total. The molecule has 0 radical (unpaired) electrons. The van der Waals surface area contributed by atoms with E-state index in [2.05, 4.69) is 10.3 Å². The summed E-state index contributed by atoms with van der Waals surface area (Å²) >= 11 is 3.10. The van der Waals surface area contributed by atoms with Gasteiger partial charge in [0, 0.05) is 17.5 Å². The van der Waals surface area contributed by atoms with Gasteiger partial charge in [0.15, 0.2) is 0 Å². The molecule has 0 saturated heterocycles. The number of aromatic nitrogens is 1. The average molecular weight is 318 g/mol. The van der Waals surface area contributed by atoms with E-state index in [4.69, 9.17) is 4.42 Å². The van der Waals surface area contributed by atoms with Crippen molar-refractivity contribution in [3.05, 3.63) is 51.7 Å². The summed E-state index contributed by atoms with van der Waals surface area (Å²) in [4.78, 5) is 17.6. The molecule has 6 heteroatoms. The van der Waals surface area contributed by atoms with E-state index >= 15 is 0 Å². The van der Waals surface area contributed by atoms with E-state index in [1.165, 1.54) is 11.3 Å². The van der Waals surface area contributed by atoms with Crippen molar-refractivity contribution in [2.45, 2.75) is 20.4 Å². The van der Waals surface area contributed by atoms with Crippen molar-refractivity contribution < 1.29 is 9.21 Å². The zero-order chi connectivity index (χ0) is 14.8. The number of aryl methyl sites for hydroxylation is 2. The number of thiazole rings is 1. The van der Waals surface area contributed by atoms with Crippen LogP contribution in [0.1, 0.15) is 27.6 Å². The fourth-order valence-electron chi connectivity index (χ4n) is 2.02. The summed E-state index contributed by atoms with van der Waals surface area (Å²) in [6.45, 7) is 4.24. The van der Waals surface area contributed by atoms with Crippen LogP contribution < -0.4 is 5.32 Å². The standard InChI is InChI=1S/C15H14N2O2S2/c1-9-6-11(10(2)19-9)7-16-14(18)12-8-21-15(17-12)13-4-3-5-20-13/h3-6,8H,7H2,1-2H3,(H,16,18). The van der Waals surface area contributed by atoms with Gasteiger partial charge in [-0.25, -0.2) is 4.98 Å². The molecule has 0 unspecified atom stereocenters. The largest absolute Gasteiger partial charge is 0.466 e. The summed E-state index contributed by atoms with van der Waals surface area (Å²) in [5.41, 5.74) is 1.45. The van der Waals surface area contributed by atoms with E-state index in [0.29, 0.717) is 12.2 Å². The summed E-state index contributed by atoms with van der Waals surface area (Å²) in [7, 11) is 0. The molecule has 4 nitrogen and oxygen atoms in total. The number of furan rings is 1. The number of thiophene rings is 1. The SMILES string of the molecule is Cc1cc(CNC(=O)c2csc(-c3cccs3)n2)c(C)o1. The van der Waals surface area contributed by atoms with Crippen LogP contribution in [-0.2, 0) is 6.54 Å². The van der Waals surface area contributed by atoms with E-state index in [9.17, 15) is 4.79 Å². The van der Waals surface area contributed by atoms with Crippen molar-refractivity contribution in [2.24, 2.45) is 0 Å². The van der Waals surface area contributed by atoms with Gasteiger partial charge < -0.3 is 9.73 Å². The topological polar surface area (TPSA) is 55.1 Å². The molecule has 0 saturated carbocycles. The van der Waals surface area contributed by atoms with Crippen LogP contribution in [0.5, 0.6) is 0 Å². The average Bonchev–Trinajstić information content (AvgIpc) is 3.16. The summed E-state index contributed by atoms with van der Waals surface area (Å²) < 4.78 is 5.44. The van der Waals surface area contributed by atoms with Crippen molar-refractivity contribution in [3.63, 3.8) is 0 Å². The van der Waals surface area contributed by atoms with Gasteiger partial charge in [-0.2, -0.15) is 0 Å². The Balaban J connectivity index is 1.67.